The second kappa shape index (κ2) is 11.3. The van der Waals surface area contributed by atoms with E-state index in [2.05, 4.69) is 20.9 Å². The van der Waals surface area contributed by atoms with Crippen molar-refractivity contribution in [3.8, 4) is 5.75 Å². The third-order valence-electron chi connectivity index (χ3n) is 3.89. The molecule has 1 fully saturated rings. The minimum absolute atomic E-state index is 0. The summed E-state index contributed by atoms with van der Waals surface area (Å²) >= 11 is 0. The Morgan fingerprint density at radius 1 is 1.32 bits per heavy atom. The monoisotopic (exact) mass is 515 g/mol. The van der Waals surface area contributed by atoms with Gasteiger partial charge in [0.1, 0.15) is 12.3 Å². The number of hydrogen-bond donors (Lipinski definition) is 4. The molecule has 1 aliphatic rings. The Hall–Kier alpha value is -1.76. The molecule has 0 aliphatic carbocycles. The van der Waals surface area contributed by atoms with Gasteiger partial charge in [-0.1, -0.05) is 0 Å². The summed E-state index contributed by atoms with van der Waals surface area (Å²) in [7, 11) is 0. The van der Waals surface area contributed by atoms with E-state index in [1.807, 2.05) is 6.92 Å². The summed E-state index contributed by atoms with van der Waals surface area (Å²) in [5, 5.41) is 17.9. The molecule has 0 saturated carbocycles. The van der Waals surface area contributed by atoms with Crippen LogP contribution in [0.3, 0.4) is 0 Å². The topological polar surface area (TPSA) is 89.0 Å². The Morgan fingerprint density at radius 2 is 2.00 bits per heavy atom. The Bertz CT molecular complexity index is 655. The van der Waals surface area contributed by atoms with Crippen LogP contribution >= 0.6 is 24.0 Å². The molecule has 2 rings (SSSR count). The van der Waals surface area contributed by atoms with Crippen molar-refractivity contribution in [3.63, 3.8) is 0 Å². The second-order valence-corrected chi connectivity index (χ2v) is 6.27. The van der Waals surface area contributed by atoms with Crippen molar-refractivity contribution in [2.24, 2.45) is 4.99 Å². The zero-order chi connectivity index (χ0) is 19.9. The number of hydrogen-bond acceptors (Lipinski definition) is 4. The zero-order valence-electron chi connectivity index (χ0n) is 15.4. The van der Waals surface area contributed by atoms with Crippen LogP contribution < -0.4 is 16.0 Å². The van der Waals surface area contributed by atoms with E-state index in [4.69, 9.17) is 0 Å². The first kappa shape index (κ1) is 24.3. The first-order valence-electron chi connectivity index (χ1n) is 8.68. The first-order chi connectivity index (χ1) is 12.7. The van der Waals surface area contributed by atoms with Crippen molar-refractivity contribution >= 4 is 41.5 Å². The predicted molar refractivity (Wildman–Crippen MR) is 112 cm³/mol. The van der Waals surface area contributed by atoms with Crippen LogP contribution in [-0.2, 0) is 4.79 Å². The Labute approximate surface area is 178 Å². The number of aliphatic imine (C=N–C) groups is 1. The predicted octanol–water partition coefficient (Wildman–Crippen LogP) is 2.14. The Morgan fingerprint density at radius 3 is 2.61 bits per heavy atom. The van der Waals surface area contributed by atoms with E-state index in [0.717, 1.165) is 0 Å². The highest BCUT2D eigenvalue weighted by Crippen LogP contribution is 2.20. The van der Waals surface area contributed by atoms with E-state index >= 15 is 0 Å². The first-order valence-corrected chi connectivity index (χ1v) is 8.68. The number of aromatic hydroxyl groups is 1. The van der Waals surface area contributed by atoms with E-state index in [-0.39, 0.29) is 54.8 Å². The van der Waals surface area contributed by atoms with Crippen molar-refractivity contribution in [3.05, 3.63) is 24.3 Å². The Balaban J connectivity index is 0.00000392. The number of likely N-dealkylation sites (tertiary alicyclic amines) is 1. The average molecular weight is 515 g/mol. The maximum atomic E-state index is 12.5. The maximum absolute atomic E-state index is 12.5. The number of phenolic OH excluding ortho intramolecular Hbond substituents is 1. The van der Waals surface area contributed by atoms with E-state index in [0.29, 0.717) is 31.2 Å². The standard InChI is InChI=1S/C17H24F3N5O2.HI/c1-2-21-16(24-13-7-8-25(10-13)11-17(18,19)20)22-9-15(27)23-12-3-5-14(26)6-4-12;/h3-6,13,26H,2,7-11H2,1H3,(H,23,27)(H2,21,22,24);1H. The van der Waals surface area contributed by atoms with E-state index in [9.17, 15) is 23.1 Å². The molecule has 1 heterocycles. The highest BCUT2D eigenvalue weighted by molar-refractivity contribution is 14.0. The third kappa shape index (κ3) is 8.95. The molecule has 1 aliphatic heterocycles. The molecule has 1 atom stereocenters. The van der Waals surface area contributed by atoms with Crippen LogP contribution in [0.1, 0.15) is 13.3 Å². The lowest BCUT2D eigenvalue weighted by Crippen LogP contribution is -2.45. The molecule has 7 nitrogen and oxygen atoms in total. The van der Waals surface area contributed by atoms with Crippen LogP contribution in [-0.4, -0.2) is 66.8 Å². The number of rotatable bonds is 6. The van der Waals surface area contributed by atoms with Gasteiger partial charge in [0.2, 0.25) is 5.91 Å². The minimum Gasteiger partial charge on any atom is -0.508 e. The van der Waals surface area contributed by atoms with Crippen molar-refractivity contribution in [2.75, 3.05) is 38.0 Å². The summed E-state index contributed by atoms with van der Waals surface area (Å²) in [6, 6.07) is 5.88. The maximum Gasteiger partial charge on any atom is 0.401 e. The summed E-state index contributed by atoms with van der Waals surface area (Å²) in [4.78, 5) is 17.5. The number of guanidine groups is 1. The number of carbonyl (C=O) groups excluding carboxylic acids is 1. The number of carbonyl (C=O) groups is 1. The van der Waals surface area contributed by atoms with E-state index in [1.165, 1.54) is 17.0 Å². The molecule has 4 N–H and O–H groups in total. The summed E-state index contributed by atoms with van der Waals surface area (Å²) in [6.45, 7) is 1.98. The number of nitrogens with one attached hydrogen (secondary N) is 3. The fraction of sp³-hybridized carbons (Fsp3) is 0.529. The van der Waals surface area contributed by atoms with Gasteiger partial charge < -0.3 is 21.1 Å². The van der Waals surface area contributed by atoms with Gasteiger partial charge in [0.15, 0.2) is 5.96 Å². The zero-order valence-corrected chi connectivity index (χ0v) is 17.8. The summed E-state index contributed by atoms with van der Waals surface area (Å²) in [5.74, 6) is 0.140. The fourth-order valence-electron chi connectivity index (χ4n) is 2.76. The van der Waals surface area contributed by atoms with Crippen LogP contribution in [0.25, 0.3) is 0 Å². The van der Waals surface area contributed by atoms with Gasteiger partial charge in [0, 0.05) is 31.4 Å². The lowest BCUT2D eigenvalue weighted by atomic mass is 10.3. The number of anilines is 1. The summed E-state index contributed by atoms with van der Waals surface area (Å²) in [5.41, 5.74) is 0.532. The van der Waals surface area contributed by atoms with Gasteiger partial charge in [-0.2, -0.15) is 13.2 Å². The number of phenols is 1. The number of alkyl halides is 3. The molecule has 0 spiro atoms. The summed E-state index contributed by atoms with van der Waals surface area (Å²) < 4.78 is 37.4. The van der Waals surface area contributed by atoms with Gasteiger partial charge in [-0.3, -0.25) is 9.69 Å². The number of nitrogens with zero attached hydrogens (tertiary/aromatic N) is 2. The van der Waals surface area contributed by atoms with Crippen LogP contribution in [0.2, 0.25) is 0 Å². The second-order valence-electron chi connectivity index (χ2n) is 6.27. The molecule has 0 bridgehead atoms. The van der Waals surface area contributed by atoms with Gasteiger partial charge >= 0.3 is 6.18 Å². The third-order valence-corrected chi connectivity index (χ3v) is 3.89. The molecule has 1 amide bonds. The van der Waals surface area contributed by atoms with E-state index in [1.54, 1.807) is 12.1 Å². The number of benzene rings is 1. The molecule has 0 aromatic heterocycles. The Kier molecular flexibility index (Phi) is 9.79. The molecule has 1 saturated heterocycles. The fourth-order valence-corrected chi connectivity index (χ4v) is 2.76. The molecule has 158 valence electrons. The highest BCUT2D eigenvalue weighted by Gasteiger charge is 2.34. The van der Waals surface area contributed by atoms with Gasteiger partial charge in [0.05, 0.1) is 6.54 Å². The smallest absolute Gasteiger partial charge is 0.401 e. The van der Waals surface area contributed by atoms with Gasteiger partial charge in [-0.15, -0.1) is 24.0 Å². The number of amides is 1. The quantitative estimate of drug-likeness (QED) is 0.202. The minimum atomic E-state index is -4.21. The molecule has 1 aromatic carbocycles. The van der Waals surface area contributed by atoms with Crippen LogP contribution in [0.15, 0.2) is 29.3 Å². The lowest BCUT2D eigenvalue weighted by molar-refractivity contribution is -0.143. The van der Waals surface area contributed by atoms with Crippen molar-refractivity contribution in [1.29, 1.82) is 0 Å². The normalized spacial score (nSPS) is 17.7. The highest BCUT2D eigenvalue weighted by atomic mass is 127. The van der Waals surface area contributed by atoms with Crippen LogP contribution in [0.5, 0.6) is 5.75 Å². The summed E-state index contributed by atoms with van der Waals surface area (Å²) in [6.07, 6.45) is -3.64. The molecule has 11 heteroatoms. The molecular formula is C17H25F3IN5O2. The lowest BCUT2D eigenvalue weighted by Gasteiger charge is -2.19. The molecule has 0 radical (unpaired) electrons. The average Bonchev–Trinajstić information content (AvgIpc) is 3.00. The van der Waals surface area contributed by atoms with Crippen LogP contribution in [0, 0.1) is 0 Å². The molecule has 1 aromatic rings. The van der Waals surface area contributed by atoms with Crippen LogP contribution in [0.4, 0.5) is 18.9 Å². The van der Waals surface area contributed by atoms with Crippen molar-refractivity contribution < 1.29 is 23.1 Å². The largest absolute Gasteiger partial charge is 0.508 e. The molecular weight excluding hydrogens is 490 g/mol. The molecule has 1 unspecified atom stereocenters. The molecule has 28 heavy (non-hydrogen) atoms. The van der Waals surface area contributed by atoms with Crippen molar-refractivity contribution in [2.45, 2.75) is 25.6 Å². The van der Waals surface area contributed by atoms with Crippen molar-refractivity contribution in [1.82, 2.24) is 15.5 Å². The SMILES string of the molecule is CCNC(=NCC(=O)Nc1ccc(O)cc1)NC1CCN(CC(F)(F)F)C1.I. The number of halogens is 4. The van der Waals surface area contributed by atoms with Gasteiger partial charge in [-0.05, 0) is 37.6 Å². The van der Waals surface area contributed by atoms with Gasteiger partial charge in [0.25, 0.3) is 0 Å². The van der Waals surface area contributed by atoms with E-state index < -0.39 is 12.7 Å². The van der Waals surface area contributed by atoms with Gasteiger partial charge in [-0.25, -0.2) is 4.99 Å².